The van der Waals surface area contributed by atoms with Crippen molar-refractivity contribution in [3.8, 4) is 0 Å². The smallest absolute Gasteiger partial charge is 0.241 e. The first-order valence-corrected chi connectivity index (χ1v) is 7.63. The average molecular weight is 264 g/mol. The second-order valence-corrected chi connectivity index (χ2v) is 5.90. The minimum absolute atomic E-state index is 0.0621. The Kier molecular flexibility index (Phi) is 4.66. The molecule has 18 heavy (non-hydrogen) atoms. The van der Waals surface area contributed by atoms with Gasteiger partial charge in [-0.2, -0.15) is 11.8 Å². The van der Waals surface area contributed by atoms with E-state index >= 15 is 0 Å². The molecule has 0 aromatic heterocycles. The van der Waals surface area contributed by atoms with Crippen molar-refractivity contribution in [2.45, 2.75) is 36.6 Å². The zero-order valence-electron chi connectivity index (χ0n) is 10.6. The molecule has 0 spiro atoms. The maximum absolute atomic E-state index is 12.1. The van der Waals surface area contributed by atoms with Crippen molar-refractivity contribution in [3.05, 3.63) is 35.9 Å². The number of thioether (sulfide) groups is 1. The highest BCUT2D eigenvalue weighted by Gasteiger charge is 2.26. The molecule has 3 nitrogen and oxygen atoms in total. The fraction of sp³-hybridized carbons (Fsp3) is 0.500. The third-order valence-corrected chi connectivity index (χ3v) is 4.60. The number of rotatable bonds is 4. The minimum Gasteiger partial charge on any atom is -0.352 e. The summed E-state index contributed by atoms with van der Waals surface area (Å²) in [5, 5.41) is 3.75. The Bertz CT molecular complexity index is 396. The Morgan fingerprint density at radius 1 is 1.39 bits per heavy atom. The van der Waals surface area contributed by atoms with E-state index < -0.39 is 6.04 Å². The monoisotopic (exact) mass is 264 g/mol. The lowest BCUT2D eigenvalue weighted by atomic mass is 10.1. The quantitative estimate of drug-likeness (QED) is 0.875. The van der Waals surface area contributed by atoms with Gasteiger partial charge in [0.25, 0.3) is 0 Å². The molecule has 0 heterocycles. The van der Waals surface area contributed by atoms with Gasteiger partial charge in [0.1, 0.15) is 6.04 Å². The Morgan fingerprint density at radius 2 is 2.11 bits per heavy atom. The number of carbonyl (C=O) groups is 1. The van der Waals surface area contributed by atoms with E-state index in [-0.39, 0.29) is 5.91 Å². The molecule has 4 heteroatoms. The van der Waals surface area contributed by atoms with Crippen LogP contribution in [0, 0.1) is 0 Å². The van der Waals surface area contributed by atoms with Gasteiger partial charge >= 0.3 is 0 Å². The van der Waals surface area contributed by atoms with Crippen LogP contribution < -0.4 is 11.1 Å². The van der Waals surface area contributed by atoms with E-state index in [1.165, 1.54) is 6.42 Å². The van der Waals surface area contributed by atoms with Crippen molar-refractivity contribution in [2.24, 2.45) is 5.73 Å². The fourth-order valence-electron chi connectivity index (χ4n) is 2.39. The third-order valence-electron chi connectivity index (χ3n) is 3.51. The molecule has 1 fully saturated rings. The third kappa shape index (κ3) is 3.27. The van der Waals surface area contributed by atoms with Crippen molar-refractivity contribution in [1.82, 2.24) is 5.32 Å². The van der Waals surface area contributed by atoms with Gasteiger partial charge in [-0.05, 0) is 31.1 Å². The molecular formula is C14H20N2OS. The Labute approximate surface area is 113 Å². The van der Waals surface area contributed by atoms with Crippen LogP contribution in [0.25, 0.3) is 0 Å². The lowest BCUT2D eigenvalue weighted by molar-refractivity contribution is -0.123. The lowest BCUT2D eigenvalue weighted by Gasteiger charge is -2.17. The van der Waals surface area contributed by atoms with E-state index in [0.29, 0.717) is 11.3 Å². The maximum Gasteiger partial charge on any atom is 0.241 e. The molecular weight excluding hydrogens is 244 g/mol. The van der Waals surface area contributed by atoms with Crippen LogP contribution in [-0.2, 0) is 4.79 Å². The van der Waals surface area contributed by atoms with Gasteiger partial charge in [0.05, 0.1) is 0 Å². The van der Waals surface area contributed by atoms with Crippen LogP contribution in [0.3, 0.4) is 0 Å². The fourth-order valence-corrected chi connectivity index (χ4v) is 3.18. The predicted octanol–water partition coefficient (Wildman–Crippen LogP) is 2.09. The van der Waals surface area contributed by atoms with Crippen LogP contribution in [0.2, 0.25) is 0 Å². The van der Waals surface area contributed by atoms with Gasteiger partial charge < -0.3 is 11.1 Å². The summed E-state index contributed by atoms with van der Waals surface area (Å²) in [4.78, 5) is 12.1. The van der Waals surface area contributed by atoms with Gasteiger partial charge in [-0.15, -0.1) is 0 Å². The predicted molar refractivity (Wildman–Crippen MR) is 76.5 cm³/mol. The molecule has 2 unspecified atom stereocenters. The standard InChI is InChI=1S/C14H20N2OS/c1-18-12-8-7-11(9-12)16-14(17)13(15)10-5-3-2-4-6-10/h2-6,11-13H,7-9,15H2,1H3,(H,16,17)/t11?,12?,13-/m1/s1. The largest absolute Gasteiger partial charge is 0.352 e. The van der Waals surface area contributed by atoms with Crippen molar-refractivity contribution in [3.63, 3.8) is 0 Å². The molecule has 1 aromatic carbocycles. The summed E-state index contributed by atoms with van der Waals surface area (Å²) in [6, 6.07) is 9.26. The van der Waals surface area contributed by atoms with Crippen LogP contribution in [-0.4, -0.2) is 23.5 Å². The highest BCUT2D eigenvalue weighted by atomic mass is 32.2. The number of hydrogen-bond acceptors (Lipinski definition) is 3. The van der Waals surface area contributed by atoms with E-state index in [4.69, 9.17) is 5.73 Å². The van der Waals surface area contributed by atoms with Gasteiger partial charge in [-0.3, -0.25) is 4.79 Å². The molecule has 2 rings (SSSR count). The van der Waals surface area contributed by atoms with Crippen LogP contribution >= 0.6 is 11.8 Å². The number of amides is 1. The molecule has 0 bridgehead atoms. The Hall–Kier alpha value is -1.00. The van der Waals surface area contributed by atoms with Crippen LogP contribution in [0.5, 0.6) is 0 Å². The number of nitrogens with one attached hydrogen (secondary N) is 1. The van der Waals surface area contributed by atoms with Crippen LogP contribution in [0.4, 0.5) is 0 Å². The summed E-state index contributed by atoms with van der Waals surface area (Å²) in [7, 11) is 0. The number of carbonyl (C=O) groups excluding carboxylic acids is 1. The van der Waals surface area contributed by atoms with Gasteiger partial charge in [0.15, 0.2) is 0 Å². The van der Waals surface area contributed by atoms with Gasteiger partial charge in [0.2, 0.25) is 5.91 Å². The molecule has 0 saturated heterocycles. The molecule has 1 amide bonds. The normalized spacial score (nSPS) is 24.8. The van der Waals surface area contributed by atoms with E-state index in [1.807, 2.05) is 42.1 Å². The van der Waals surface area contributed by atoms with E-state index in [1.54, 1.807) is 0 Å². The zero-order valence-corrected chi connectivity index (χ0v) is 11.5. The summed E-state index contributed by atoms with van der Waals surface area (Å²) in [5.74, 6) is -0.0621. The number of benzene rings is 1. The van der Waals surface area contributed by atoms with Gasteiger partial charge in [-0.1, -0.05) is 30.3 Å². The van der Waals surface area contributed by atoms with Crippen LogP contribution in [0.1, 0.15) is 30.9 Å². The van der Waals surface area contributed by atoms with E-state index in [2.05, 4.69) is 11.6 Å². The van der Waals surface area contributed by atoms with E-state index in [9.17, 15) is 4.79 Å². The second kappa shape index (κ2) is 6.25. The van der Waals surface area contributed by atoms with E-state index in [0.717, 1.165) is 18.4 Å². The highest BCUT2D eigenvalue weighted by molar-refractivity contribution is 7.99. The van der Waals surface area contributed by atoms with Crippen molar-refractivity contribution in [1.29, 1.82) is 0 Å². The average Bonchev–Trinajstić information content (AvgIpc) is 2.86. The SMILES string of the molecule is CSC1CCC(NC(=O)[C@H](N)c2ccccc2)C1. The first-order valence-electron chi connectivity index (χ1n) is 6.34. The van der Waals surface area contributed by atoms with Crippen molar-refractivity contribution in [2.75, 3.05) is 6.26 Å². The molecule has 0 aliphatic heterocycles. The first kappa shape index (κ1) is 13.4. The highest BCUT2D eigenvalue weighted by Crippen LogP contribution is 2.28. The summed E-state index contributed by atoms with van der Waals surface area (Å²) in [5.41, 5.74) is 6.84. The Morgan fingerprint density at radius 3 is 2.72 bits per heavy atom. The molecule has 1 aliphatic rings. The van der Waals surface area contributed by atoms with Gasteiger partial charge in [0, 0.05) is 11.3 Å². The molecule has 98 valence electrons. The zero-order chi connectivity index (χ0) is 13.0. The van der Waals surface area contributed by atoms with Crippen molar-refractivity contribution >= 4 is 17.7 Å². The summed E-state index contributed by atoms with van der Waals surface area (Å²) >= 11 is 1.89. The Balaban J connectivity index is 1.89. The first-order chi connectivity index (χ1) is 8.70. The molecule has 3 N–H and O–H groups in total. The number of hydrogen-bond donors (Lipinski definition) is 2. The molecule has 1 aromatic rings. The second-order valence-electron chi connectivity index (χ2n) is 4.76. The maximum atomic E-state index is 12.1. The molecule has 1 saturated carbocycles. The van der Waals surface area contributed by atoms with Gasteiger partial charge in [-0.25, -0.2) is 0 Å². The number of nitrogens with two attached hydrogens (primary N) is 1. The van der Waals surface area contributed by atoms with Crippen LogP contribution in [0.15, 0.2) is 30.3 Å². The summed E-state index contributed by atoms with van der Waals surface area (Å²) in [6.07, 6.45) is 5.45. The molecule has 0 radical (unpaired) electrons. The minimum atomic E-state index is -0.556. The summed E-state index contributed by atoms with van der Waals surface area (Å²) in [6.45, 7) is 0. The molecule has 1 aliphatic carbocycles. The summed E-state index contributed by atoms with van der Waals surface area (Å²) < 4.78 is 0. The van der Waals surface area contributed by atoms with Crippen molar-refractivity contribution < 1.29 is 4.79 Å². The molecule has 3 atom stereocenters. The topological polar surface area (TPSA) is 55.1 Å². The lowest BCUT2D eigenvalue weighted by Crippen LogP contribution is -2.39.